The molecule has 0 radical (unpaired) electrons. The number of aliphatic hydroxyl groups excluding tert-OH is 1. The molecule has 21 heavy (non-hydrogen) atoms. The van der Waals surface area contributed by atoms with E-state index in [0.717, 1.165) is 18.4 Å². The van der Waals surface area contributed by atoms with E-state index in [1.165, 1.54) is 17.5 Å². The molecular formula is C18H19NO2. The molecule has 0 bridgehead atoms. The van der Waals surface area contributed by atoms with Gasteiger partial charge in [-0.1, -0.05) is 24.3 Å². The number of aryl methyl sites for hydroxylation is 2. The van der Waals surface area contributed by atoms with Crippen molar-refractivity contribution in [1.29, 1.82) is 0 Å². The Bertz CT molecular complexity index is 677. The lowest BCUT2D eigenvalue weighted by Crippen LogP contribution is -2.14. The van der Waals surface area contributed by atoms with E-state index in [2.05, 4.69) is 11.4 Å². The molecule has 1 aliphatic carbocycles. The smallest absolute Gasteiger partial charge is 0.255 e. The van der Waals surface area contributed by atoms with Crippen molar-refractivity contribution in [2.24, 2.45) is 0 Å². The average molecular weight is 281 g/mol. The van der Waals surface area contributed by atoms with Gasteiger partial charge < -0.3 is 10.4 Å². The Balaban J connectivity index is 1.84. The molecule has 0 aliphatic heterocycles. The molecule has 1 amide bonds. The molecule has 0 fully saturated rings. The minimum atomic E-state index is -0.610. The first kappa shape index (κ1) is 13.8. The highest BCUT2D eigenvalue weighted by molar-refractivity contribution is 6.04. The fourth-order valence-electron chi connectivity index (χ4n) is 2.88. The van der Waals surface area contributed by atoms with Gasteiger partial charge in [0.25, 0.3) is 5.91 Å². The van der Waals surface area contributed by atoms with Gasteiger partial charge in [0.15, 0.2) is 0 Å². The molecule has 0 spiro atoms. The summed E-state index contributed by atoms with van der Waals surface area (Å²) in [6.45, 7) is 1.69. The summed E-state index contributed by atoms with van der Waals surface area (Å²) in [7, 11) is 0. The fraction of sp³-hybridized carbons (Fsp3) is 0.278. The summed E-state index contributed by atoms with van der Waals surface area (Å²) in [5.41, 5.74) is 4.71. The highest BCUT2D eigenvalue weighted by Crippen LogP contribution is 2.25. The number of hydrogen-bond donors (Lipinski definition) is 2. The molecule has 3 nitrogen and oxygen atoms in total. The SMILES string of the molecule is CC(O)c1ccccc1NC(=O)c1ccc2c(c1)CCC2. The zero-order valence-electron chi connectivity index (χ0n) is 12.1. The van der Waals surface area contributed by atoms with Crippen molar-refractivity contribution in [3.8, 4) is 0 Å². The van der Waals surface area contributed by atoms with Crippen LogP contribution in [0.3, 0.4) is 0 Å². The number of nitrogens with one attached hydrogen (secondary N) is 1. The second kappa shape index (κ2) is 5.70. The molecule has 0 aromatic heterocycles. The van der Waals surface area contributed by atoms with E-state index in [9.17, 15) is 9.90 Å². The van der Waals surface area contributed by atoms with Crippen LogP contribution in [-0.2, 0) is 12.8 Å². The molecule has 108 valence electrons. The van der Waals surface area contributed by atoms with Gasteiger partial charge >= 0.3 is 0 Å². The Kier molecular flexibility index (Phi) is 3.76. The predicted molar refractivity (Wildman–Crippen MR) is 83.5 cm³/mol. The number of benzene rings is 2. The molecule has 1 aliphatic rings. The maximum absolute atomic E-state index is 12.4. The molecule has 1 atom stereocenters. The zero-order chi connectivity index (χ0) is 14.8. The van der Waals surface area contributed by atoms with Gasteiger partial charge in [-0.2, -0.15) is 0 Å². The van der Waals surface area contributed by atoms with Crippen LogP contribution in [0.2, 0.25) is 0 Å². The van der Waals surface area contributed by atoms with Crippen LogP contribution in [0.1, 0.15) is 46.5 Å². The topological polar surface area (TPSA) is 49.3 Å². The number of fused-ring (bicyclic) bond motifs is 1. The van der Waals surface area contributed by atoms with Gasteiger partial charge in [0.05, 0.1) is 6.10 Å². The van der Waals surface area contributed by atoms with E-state index in [-0.39, 0.29) is 5.91 Å². The van der Waals surface area contributed by atoms with Gasteiger partial charge in [-0.05, 0) is 55.5 Å². The third-order valence-corrected chi connectivity index (χ3v) is 4.02. The van der Waals surface area contributed by atoms with Crippen LogP contribution < -0.4 is 5.32 Å². The highest BCUT2D eigenvalue weighted by Gasteiger charge is 2.15. The van der Waals surface area contributed by atoms with Gasteiger partial charge in [-0.3, -0.25) is 4.79 Å². The fourth-order valence-corrected chi connectivity index (χ4v) is 2.88. The average Bonchev–Trinajstić information content (AvgIpc) is 2.94. The third kappa shape index (κ3) is 2.83. The van der Waals surface area contributed by atoms with Crippen molar-refractivity contribution in [2.45, 2.75) is 32.3 Å². The third-order valence-electron chi connectivity index (χ3n) is 4.02. The molecule has 3 heteroatoms. The number of hydrogen-bond acceptors (Lipinski definition) is 2. The lowest BCUT2D eigenvalue weighted by atomic mass is 10.0. The van der Waals surface area contributed by atoms with Gasteiger partial charge in [0.1, 0.15) is 0 Å². The lowest BCUT2D eigenvalue weighted by molar-refractivity contribution is 0.102. The second-order valence-corrected chi connectivity index (χ2v) is 5.55. The van der Waals surface area contributed by atoms with Crippen LogP contribution in [-0.4, -0.2) is 11.0 Å². The number of rotatable bonds is 3. The molecular weight excluding hydrogens is 262 g/mol. The van der Waals surface area contributed by atoms with Crippen molar-refractivity contribution in [3.05, 3.63) is 64.7 Å². The first-order valence-corrected chi connectivity index (χ1v) is 7.35. The number of amides is 1. The maximum atomic E-state index is 12.4. The monoisotopic (exact) mass is 281 g/mol. The number of aliphatic hydroxyl groups is 1. The van der Waals surface area contributed by atoms with Gasteiger partial charge in [-0.15, -0.1) is 0 Å². The summed E-state index contributed by atoms with van der Waals surface area (Å²) in [6, 6.07) is 13.3. The lowest BCUT2D eigenvalue weighted by Gasteiger charge is -2.13. The van der Waals surface area contributed by atoms with Crippen LogP contribution >= 0.6 is 0 Å². The first-order valence-electron chi connectivity index (χ1n) is 7.35. The molecule has 0 saturated heterocycles. The number of carbonyl (C=O) groups is 1. The van der Waals surface area contributed by atoms with Crippen molar-refractivity contribution >= 4 is 11.6 Å². The first-order chi connectivity index (χ1) is 10.1. The molecule has 2 aromatic carbocycles. The van der Waals surface area contributed by atoms with E-state index < -0.39 is 6.10 Å². The van der Waals surface area contributed by atoms with E-state index in [1.54, 1.807) is 6.92 Å². The number of carbonyl (C=O) groups excluding carboxylic acids is 1. The largest absolute Gasteiger partial charge is 0.389 e. The summed E-state index contributed by atoms with van der Waals surface area (Å²) < 4.78 is 0. The van der Waals surface area contributed by atoms with E-state index in [1.807, 2.05) is 36.4 Å². The molecule has 0 saturated carbocycles. The van der Waals surface area contributed by atoms with Crippen LogP contribution in [0.15, 0.2) is 42.5 Å². The minimum Gasteiger partial charge on any atom is -0.389 e. The summed E-state index contributed by atoms with van der Waals surface area (Å²) >= 11 is 0. The molecule has 3 rings (SSSR count). The number of para-hydroxylation sites is 1. The highest BCUT2D eigenvalue weighted by atomic mass is 16.3. The second-order valence-electron chi connectivity index (χ2n) is 5.55. The summed E-state index contributed by atoms with van der Waals surface area (Å²) in [6.07, 6.45) is 2.73. The van der Waals surface area contributed by atoms with E-state index in [4.69, 9.17) is 0 Å². The Labute approximate surface area is 124 Å². The Morgan fingerprint density at radius 2 is 1.90 bits per heavy atom. The Hall–Kier alpha value is -2.13. The summed E-state index contributed by atoms with van der Waals surface area (Å²) in [5.74, 6) is -0.127. The van der Waals surface area contributed by atoms with Crippen LogP contribution in [0.25, 0.3) is 0 Å². The summed E-state index contributed by atoms with van der Waals surface area (Å²) in [4.78, 5) is 12.4. The predicted octanol–water partition coefficient (Wildman–Crippen LogP) is 3.48. The molecule has 0 heterocycles. The minimum absolute atomic E-state index is 0.127. The van der Waals surface area contributed by atoms with Crippen molar-refractivity contribution < 1.29 is 9.90 Å². The van der Waals surface area contributed by atoms with E-state index >= 15 is 0 Å². The molecule has 2 N–H and O–H groups in total. The van der Waals surface area contributed by atoms with Gasteiger partial charge in [0.2, 0.25) is 0 Å². The van der Waals surface area contributed by atoms with E-state index in [0.29, 0.717) is 11.3 Å². The van der Waals surface area contributed by atoms with Crippen molar-refractivity contribution in [1.82, 2.24) is 0 Å². The summed E-state index contributed by atoms with van der Waals surface area (Å²) in [5, 5.41) is 12.7. The van der Waals surface area contributed by atoms with Crippen molar-refractivity contribution in [2.75, 3.05) is 5.32 Å². The quantitative estimate of drug-likeness (QED) is 0.905. The normalized spacial score (nSPS) is 14.6. The zero-order valence-corrected chi connectivity index (χ0v) is 12.1. The van der Waals surface area contributed by atoms with Crippen LogP contribution in [0, 0.1) is 0 Å². The van der Waals surface area contributed by atoms with Gasteiger partial charge in [0, 0.05) is 16.8 Å². The molecule has 2 aromatic rings. The maximum Gasteiger partial charge on any atom is 0.255 e. The standard InChI is InChI=1S/C18H19NO2/c1-12(20)16-7-2-3-8-17(16)19-18(21)15-10-9-13-5-4-6-14(13)11-15/h2-3,7-12,20H,4-6H2,1H3,(H,19,21). The van der Waals surface area contributed by atoms with Crippen LogP contribution in [0.4, 0.5) is 5.69 Å². The molecule has 1 unspecified atom stereocenters. The van der Waals surface area contributed by atoms with Gasteiger partial charge in [-0.25, -0.2) is 0 Å². The van der Waals surface area contributed by atoms with Crippen molar-refractivity contribution in [3.63, 3.8) is 0 Å². The Morgan fingerprint density at radius 1 is 1.14 bits per heavy atom. The Morgan fingerprint density at radius 3 is 2.71 bits per heavy atom. The number of anilines is 1. The van der Waals surface area contributed by atoms with Crippen LogP contribution in [0.5, 0.6) is 0 Å².